The summed E-state index contributed by atoms with van der Waals surface area (Å²) >= 11 is 0. The van der Waals surface area contributed by atoms with Gasteiger partial charge in [0.25, 0.3) is 0 Å². The molecule has 3 heteroatoms. The molecule has 0 bridgehead atoms. The van der Waals surface area contributed by atoms with Crippen molar-refractivity contribution < 1.29 is 0 Å². The number of nitrogens with one attached hydrogen (secondary N) is 1. The lowest BCUT2D eigenvalue weighted by atomic mass is 10.1. The van der Waals surface area contributed by atoms with Crippen LogP contribution in [-0.4, -0.2) is 31.2 Å². The zero-order valence-corrected chi connectivity index (χ0v) is 10.4. The van der Waals surface area contributed by atoms with Crippen LogP contribution < -0.4 is 10.2 Å². The first kappa shape index (κ1) is 11.4. The summed E-state index contributed by atoms with van der Waals surface area (Å²) in [6.45, 7) is 6.56. The monoisotopic (exact) mass is 219 g/mol. The predicted molar refractivity (Wildman–Crippen MR) is 68.0 cm³/mol. The van der Waals surface area contributed by atoms with Crippen LogP contribution in [-0.2, 0) is 0 Å². The lowest BCUT2D eigenvalue weighted by molar-refractivity contribution is 0.616. The van der Waals surface area contributed by atoms with E-state index in [4.69, 9.17) is 4.98 Å². The summed E-state index contributed by atoms with van der Waals surface area (Å²) in [5.41, 5.74) is 1.19. The third-order valence-electron chi connectivity index (χ3n) is 3.27. The maximum absolute atomic E-state index is 4.72. The SMILES string of the molecule is CN[C@@H]1CCN(c2cccc(C(C)C)n2)C1. The van der Waals surface area contributed by atoms with Gasteiger partial charge >= 0.3 is 0 Å². The van der Waals surface area contributed by atoms with Gasteiger partial charge in [0.1, 0.15) is 5.82 Å². The fourth-order valence-electron chi connectivity index (χ4n) is 2.14. The molecule has 0 saturated carbocycles. The molecular formula is C13H21N3. The molecular weight excluding hydrogens is 198 g/mol. The van der Waals surface area contributed by atoms with Gasteiger partial charge in [0, 0.05) is 24.8 Å². The molecule has 1 aliphatic rings. The van der Waals surface area contributed by atoms with Crippen LogP contribution in [0.1, 0.15) is 31.9 Å². The summed E-state index contributed by atoms with van der Waals surface area (Å²) in [6.07, 6.45) is 1.21. The standard InChI is InChI=1S/C13H21N3/c1-10(2)12-5-4-6-13(15-12)16-8-7-11(9-16)14-3/h4-6,10-11,14H,7-9H2,1-3H3/t11-/m1/s1. The van der Waals surface area contributed by atoms with E-state index in [0.29, 0.717) is 12.0 Å². The van der Waals surface area contributed by atoms with E-state index in [1.807, 2.05) is 7.05 Å². The Morgan fingerprint density at radius 3 is 2.88 bits per heavy atom. The predicted octanol–water partition coefficient (Wildman–Crippen LogP) is 2.00. The van der Waals surface area contributed by atoms with Gasteiger partial charge in [-0.25, -0.2) is 4.98 Å². The highest BCUT2D eigenvalue weighted by atomic mass is 15.2. The van der Waals surface area contributed by atoms with Crippen LogP contribution in [0, 0.1) is 0 Å². The van der Waals surface area contributed by atoms with Gasteiger partial charge in [-0.05, 0) is 31.5 Å². The van der Waals surface area contributed by atoms with Crippen molar-refractivity contribution in [2.24, 2.45) is 0 Å². The van der Waals surface area contributed by atoms with Crippen LogP contribution in [0.3, 0.4) is 0 Å². The summed E-state index contributed by atoms with van der Waals surface area (Å²) in [4.78, 5) is 7.09. The van der Waals surface area contributed by atoms with Gasteiger partial charge in [-0.1, -0.05) is 19.9 Å². The number of rotatable bonds is 3. The Balaban J connectivity index is 2.12. The highest BCUT2D eigenvalue weighted by Crippen LogP contribution is 2.20. The zero-order valence-electron chi connectivity index (χ0n) is 10.4. The summed E-state index contributed by atoms with van der Waals surface area (Å²) in [6, 6.07) is 6.96. The molecule has 1 aliphatic heterocycles. The minimum Gasteiger partial charge on any atom is -0.355 e. The molecule has 0 unspecified atom stereocenters. The third kappa shape index (κ3) is 2.35. The van der Waals surface area contributed by atoms with E-state index in [0.717, 1.165) is 18.9 Å². The normalized spacial score (nSPS) is 20.8. The Morgan fingerprint density at radius 2 is 2.25 bits per heavy atom. The molecule has 0 aromatic carbocycles. The Hall–Kier alpha value is -1.09. The van der Waals surface area contributed by atoms with Gasteiger partial charge in [-0.3, -0.25) is 0 Å². The van der Waals surface area contributed by atoms with E-state index in [9.17, 15) is 0 Å². The van der Waals surface area contributed by atoms with Crippen molar-refractivity contribution in [3.05, 3.63) is 23.9 Å². The van der Waals surface area contributed by atoms with E-state index in [-0.39, 0.29) is 0 Å². The van der Waals surface area contributed by atoms with Gasteiger partial charge in [0.2, 0.25) is 0 Å². The Kier molecular flexibility index (Phi) is 3.44. The van der Waals surface area contributed by atoms with E-state index < -0.39 is 0 Å². The fraction of sp³-hybridized carbons (Fsp3) is 0.615. The second-order valence-electron chi connectivity index (χ2n) is 4.80. The van der Waals surface area contributed by atoms with E-state index in [2.05, 4.69) is 42.3 Å². The average molecular weight is 219 g/mol. The van der Waals surface area contributed by atoms with Crippen molar-refractivity contribution in [3.8, 4) is 0 Å². The molecule has 88 valence electrons. The van der Waals surface area contributed by atoms with Gasteiger partial charge in [-0.2, -0.15) is 0 Å². The highest BCUT2D eigenvalue weighted by molar-refractivity contribution is 5.41. The molecule has 3 nitrogen and oxygen atoms in total. The van der Waals surface area contributed by atoms with Crippen LogP contribution in [0.5, 0.6) is 0 Å². The van der Waals surface area contributed by atoms with E-state index in [1.165, 1.54) is 12.1 Å². The summed E-state index contributed by atoms with van der Waals surface area (Å²) < 4.78 is 0. The van der Waals surface area contributed by atoms with Crippen molar-refractivity contribution >= 4 is 5.82 Å². The molecule has 1 aromatic rings. The maximum Gasteiger partial charge on any atom is 0.128 e. The molecule has 0 aliphatic carbocycles. The molecule has 0 spiro atoms. The summed E-state index contributed by atoms with van der Waals surface area (Å²) in [5, 5.41) is 3.33. The van der Waals surface area contributed by atoms with Crippen LogP contribution in [0.15, 0.2) is 18.2 Å². The van der Waals surface area contributed by atoms with Crippen molar-refractivity contribution in [3.63, 3.8) is 0 Å². The van der Waals surface area contributed by atoms with Crippen LogP contribution in [0.25, 0.3) is 0 Å². The topological polar surface area (TPSA) is 28.2 Å². The smallest absolute Gasteiger partial charge is 0.128 e. The number of likely N-dealkylation sites (N-methyl/N-ethyl adjacent to an activating group) is 1. The van der Waals surface area contributed by atoms with Crippen molar-refractivity contribution in [1.29, 1.82) is 0 Å². The highest BCUT2D eigenvalue weighted by Gasteiger charge is 2.22. The fourth-order valence-corrected chi connectivity index (χ4v) is 2.14. The average Bonchev–Trinajstić information content (AvgIpc) is 2.77. The number of aromatic nitrogens is 1. The van der Waals surface area contributed by atoms with E-state index in [1.54, 1.807) is 0 Å². The number of hydrogen-bond donors (Lipinski definition) is 1. The minimum absolute atomic E-state index is 0.502. The lowest BCUT2D eigenvalue weighted by Crippen LogP contribution is -2.29. The van der Waals surface area contributed by atoms with Crippen molar-refractivity contribution in [1.82, 2.24) is 10.3 Å². The number of hydrogen-bond acceptors (Lipinski definition) is 3. The third-order valence-corrected chi connectivity index (χ3v) is 3.27. The first-order chi connectivity index (χ1) is 7.70. The second-order valence-corrected chi connectivity index (χ2v) is 4.80. The van der Waals surface area contributed by atoms with E-state index >= 15 is 0 Å². The number of pyridine rings is 1. The molecule has 2 rings (SSSR count). The lowest BCUT2D eigenvalue weighted by Gasteiger charge is -2.18. The van der Waals surface area contributed by atoms with Gasteiger partial charge in [-0.15, -0.1) is 0 Å². The Labute approximate surface area is 97.9 Å². The Morgan fingerprint density at radius 1 is 1.44 bits per heavy atom. The van der Waals surface area contributed by atoms with Crippen molar-refractivity contribution in [2.75, 3.05) is 25.0 Å². The van der Waals surface area contributed by atoms with Gasteiger partial charge < -0.3 is 10.2 Å². The molecule has 1 aromatic heterocycles. The molecule has 1 saturated heterocycles. The quantitative estimate of drug-likeness (QED) is 0.843. The van der Waals surface area contributed by atoms with Gasteiger partial charge in [0.05, 0.1) is 0 Å². The molecule has 0 radical (unpaired) electrons. The summed E-state index contributed by atoms with van der Waals surface area (Å²) in [7, 11) is 2.03. The first-order valence-electron chi connectivity index (χ1n) is 6.10. The zero-order chi connectivity index (χ0) is 11.5. The largest absolute Gasteiger partial charge is 0.355 e. The minimum atomic E-state index is 0.502. The maximum atomic E-state index is 4.72. The molecule has 16 heavy (non-hydrogen) atoms. The van der Waals surface area contributed by atoms with Crippen LogP contribution in [0.2, 0.25) is 0 Å². The van der Waals surface area contributed by atoms with Crippen LogP contribution >= 0.6 is 0 Å². The number of anilines is 1. The summed E-state index contributed by atoms with van der Waals surface area (Å²) in [5.74, 6) is 1.63. The number of nitrogens with zero attached hydrogens (tertiary/aromatic N) is 2. The molecule has 1 atom stereocenters. The second kappa shape index (κ2) is 4.83. The van der Waals surface area contributed by atoms with Gasteiger partial charge in [0.15, 0.2) is 0 Å². The molecule has 1 N–H and O–H groups in total. The molecule has 1 fully saturated rings. The van der Waals surface area contributed by atoms with Crippen LogP contribution in [0.4, 0.5) is 5.82 Å². The molecule has 0 amide bonds. The molecule has 2 heterocycles. The first-order valence-corrected chi connectivity index (χ1v) is 6.10. The van der Waals surface area contributed by atoms with Crippen molar-refractivity contribution in [2.45, 2.75) is 32.2 Å². The Bertz CT molecular complexity index is 349.